The molecule has 0 saturated carbocycles. The first kappa shape index (κ1) is 14.6. The lowest BCUT2D eigenvalue weighted by atomic mass is 10.1. The monoisotopic (exact) mass is 301 g/mol. The van der Waals surface area contributed by atoms with E-state index in [1.165, 1.54) is 10.6 Å². The molecule has 1 amide bonds. The molecule has 1 fully saturated rings. The Morgan fingerprint density at radius 3 is 2.95 bits per heavy atom. The molecular formula is C16H19N3O3. The number of carbonyl (C=O) groups is 1. The fraction of sp³-hybridized carbons (Fsp3) is 0.375. The van der Waals surface area contributed by atoms with Crippen LogP contribution in [0.25, 0.3) is 0 Å². The second-order valence-electron chi connectivity index (χ2n) is 5.59. The van der Waals surface area contributed by atoms with Gasteiger partial charge in [-0.2, -0.15) is 0 Å². The van der Waals surface area contributed by atoms with Crippen molar-refractivity contribution in [2.75, 3.05) is 13.1 Å². The molecule has 1 saturated heterocycles. The second-order valence-corrected chi connectivity index (χ2v) is 5.59. The van der Waals surface area contributed by atoms with E-state index in [9.17, 15) is 9.59 Å². The fourth-order valence-electron chi connectivity index (χ4n) is 2.69. The molecule has 2 aromatic heterocycles. The van der Waals surface area contributed by atoms with Gasteiger partial charge in [-0.1, -0.05) is 6.07 Å². The minimum Gasteiger partial charge on any atom is -0.454 e. The zero-order valence-corrected chi connectivity index (χ0v) is 12.3. The number of rotatable bonds is 3. The van der Waals surface area contributed by atoms with Gasteiger partial charge >= 0.3 is 0 Å². The minimum absolute atomic E-state index is 0.0371. The number of amides is 1. The van der Waals surface area contributed by atoms with Gasteiger partial charge < -0.3 is 19.6 Å². The Morgan fingerprint density at radius 1 is 1.32 bits per heavy atom. The van der Waals surface area contributed by atoms with Crippen LogP contribution in [0.2, 0.25) is 0 Å². The Balaban J connectivity index is 1.72. The summed E-state index contributed by atoms with van der Waals surface area (Å²) in [5.74, 6) is 0.743. The van der Waals surface area contributed by atoms with E-state index in [-0.39, 0.29) is 17.5 Å². The summed E-state index contributed by atoms with van der Waals surface area (Å²) in [6, 6.07) is 8.39. The predicted octanol–water partition coefficient (Wildman–Crippen LogP) is 1.05. The van der Waals surface area contributed by atoms with E-state index in [4.69, 9.17) is 10.2 Å². The smallest absolute Gasteiger partial charge is 0.289 e. The summed E-state index contributed by atoms with van der Waals surface area (Å²) >= 11 is 0. The Labute approximate surface area is 128 Å². The molecule has 116 valence electrons. The van der Waals surface area contributed by atoms with Gasteiger partial charge in [0, 0.05) is 31.4 Å². The molecule has 0 aliphatic carbocycles. The standard InChI is InChI=1S/C16H19N3O3/c17-12-4-3-9-19(10-12)16(21)14-7-6-13(22-14)11-18-8-2-1-5-15(18)20/h1-2,5-8,12H,3-4,9-11,17H2/t12-/m1/s1. The Morgan fingerprint density at radius 2 is 2.18 bits per heavy atom. The van der Waals surface area contributed by atoms with Gasteiger partial charge in [0.25, 0.3) is 11.5 Å². The van der Waals surface area contributed by atoms with Crippen LogP contribution in [-0.4, -0.2) is 34.5 Å². The number of nitrogens with two attached hydrogens (primary N) is 1. The summed E-state index contributed by atoms with van der Waals surface area (Å²) in [5.41, 5.74) is 5.80. The van der Waals surface area contributed by atoms with Gasteiger partial charge in [-0.3, -0.25) is 9.59 Å². The molecule has 3 rings (SSSR count). The molecule has 0 aromatic carbocycles. The Kier molecular flexibility index (Phi) is 4.11. The molecule has 1 aliphatic heterocycles. The first-order valence-electron chi connectivity index (χ1n) is 7.42. The van der Waals surface area contributed by atoms with Crippen molar-refractivity contribution in [1.82, 2.24) is 9.47 Å². The van der Waals surface area contributed by atoms with Crippen molar-refractivity contribution in [3.8, 4) is 0 Å². The van der Waals surface area contributed by atoms with Crippen LogP contribution >= 0.6 is 0 Å². The van der Waals surface area contributed by atoms with Crippen molar-refractivity contribution in [2.24, 2.45) is 5.73 Å². The summed E-state index contributed by atoms with van der Waals surface area (Å²) in [6.07, 6.45) is 3.56. The number of nitrogens with zero attached hydrogens (tertiary/aromatic N) is 2. The van der Waals surface area contributed by atoms with Crippen LogP contribution in [0.3, 0.4) is 0 Å². The highest BCUT2D eigenvalue weighted by Gasteiger charge is 2.24. The number of hydrogen-bond acceptors (Lipinski definition) is 4. The van der Waals surface area contributed by atoms with Crippen LogP contribution in [0.5, 0.6) is 0 Å². The molecule has 0 spiro atoms. The number of carbonyl (C=O) groups excluding carboxylic acids is 1. The van der Waals surface area contributed by atoms with Gasteiger partial charge in [0.2, 0.25) is 0 Å². The van der Waals surface area contributed by atoms with Crippen LogP contribution in [0.4, 0.5) is 0 Å². The molecule has 6 heteroatoms. The average Bonchev–Trinajstić information content (AvgIpc) is 2.97. The van der Waals surface area contributed by atoms with Gasteiger partial charge in [-0.15, -0.1) is 0 Å². The predicted molar refractivity (Wildman–Crippen MR) is 81.6 cm³/mol. The number of pyridine rings is 1. The number of likely N-dealkylation sites (tertiary alicyclic amines) is 1. The van der Waals surface area contributed by atoms with Crippen molar-refractivity contribution in [3.05, 3.63) is 58.4 Å². The SMILES string of the molecule is N[C@@H]1CCCN(C(=O)c2ccc(Cn3ccccc3=O)o2)C1. The molecule has 3 heterocycles. The summed E-state index contributed by atoms with van der Waals surface area (Å²) < 4.78 is 7.13. The lowest BCUT2D eigenvalue weighted by Gasteiger charge is -2.30. The molecule has 1 atom stereocenters. The molecular weight excluding hydrogens is 282 g/mol. The lowest BCUT2D eigenvalue weighted by Crippen LogP contribution is -2.45. The number of furan rings is 1. The van der Waals surface area contributed by atoms with Crippen LogP contribution in [0.15, 0.2) is 45.7 Å². The number of piperidine rings is 1. The molecule has 2 N–H and O–H groups in total. The van der Waals surface area contributed by atoms with Gasteiger partial charge in [0.05, 0.1) is 6.54 Å². The maximum atomic E-state index is 12.4. The second kappa shape index (κ2) is 6.19. The topological polar surface area (TPSA) is 81.5 Å². The summed E-state index contributed by atoms with van der Waals surface area (Å²) in [4.78, 5) is 25.8. The van der Waals surface area contributed by atoms with Crippen LogP contribution in [0, 0.1) is 0 Å². The average molecular weight is 301 g/mol. The maximum absolute atomic E-state index is 12.4. The summed E-state index contributed by atoms with van der Waals surface area (Å²) in [7, 11) is 0. The van der Waals surface area contributed by atoms with E-state index in [2.05, 4.69) is 0 Å². The van der Waals surface area contributed by atoms with E-state index in [1.807, 2.05) is 0 Å². The van der Waals surface area contributed by atoms with E-state index >= 15 is 0 Å². The third-order valence-electron chi connectivity index (χ3n) is 3.84. The zero-order valence-electron chi connectivity index (χ0n) is 12.3. The molecule has 22 heavy (non-hydrogen) atoms. The third kappa shape index (κ3) is 3.12. The Hall–Kier alpha value is -2.34. The van der Waals surface area contributed by atoms with Crippen LogP contribution in [0.1, 0.15) is 29.2 Å². The number of hydrogen-bond donors (Lipinski definition) is 1. The van der Waals surface area contributed by atoms with Crippen LogP contribution in [-0.2, 0) is 6.54 Å². The zero-order chi connectivity index (χ0) is 15.5. The highest BCUT2D eigenvalue weighted by molar-refractivity contribution is 5.91. The maximum Gasteiger partial charge on any atom is 0.289 e. The first-order chi connectivity index (χ1) is 10.6. The van der Waals surface area contributed by atoms with Gasteiger partial charge in [-0.25, -0.2) is 0 Å². The fourth-order valence-corrected chi connectivity index (χ4v) is 2.69. The summed E-state index contributed by atoms with van der Waals surface area (Å²) in [5, 5.41) is 0. The van der Waals surface area contributed by atoms with Gasteiger partial charge in [0.15, 0.2) is 5.76 Å². The Bertz CT molecular complexity index is 719. The largest absolute Gasteiger partial charge is 0.454 e. The van der Waals surface area contributed by atoms with E-state index < -0.39 is 0 Å². The van der Waals surface area contributed by atoms with Crippen molar-refractivity contribution in [1.29, 1.82) is 0 Å². The highest BCUT2D eigenvalue weighted by atomic mass is 16.4. The van der Waals surface area contributed by atoms with Gasteiger partial charge in [0.1, 0.15) is 5.76 Å². The third-order valence-corrected chi connectivity index (χ3v) is 3.84. The quantitative estimate of drug-likeness (QED) is 0.919. The molecule has 6 nitrogen and oxygen atoms in total. The molecule has 1 aliphatic rings. The van der Waals surface area contributed by atoms with Crippen molar-refractivity contribution in [3.63, 3.8) is 0 Å². The van der Waals surface area contributed by atoms with Crippen molar-refractivity contribution < 1.29 is 9.21 Å². The molecule has 2 aromatic rings. The first-order valence-corrected chi connectivity index (χ1v) is 7.42. The molecule has 0 bridgehead atoms. The van der Waals surface area contributed by atoms with Gasteiger partial charge in [-0.05, 0) is 31.0 Å². The highest BCUT2D eigenvalue weighted by Crippen LogP contribution is 2.15. The number of aromatic nitrogens is 1. The van der Waals surface area contributed by atoms with E-state index in [1.54, 1.807) is 35.4 Å². The van der Waals surface area contributed by atoms with E-state index in [0.29, 0.717) is 31.2 Å². The van der Waals surface area contributed by atoms with Crippen LogP contribution < -0.4 is 11.3 Å². The van der Waals surface area contributed by atoms with E-state index in [0.717, 1.165) is 12.8 Å². The minimum atomic E-state index is -0.137. The lowest BCUT2D eigenvalue weighted by molar-refractivity contribution is 0.0674. The normalized spacial score (nSPS) is 18.4. The molecule has 0 unspecified atom stereocenters. The van der Waals surface area contributed by atoms with Crippen molar-refractivity contribution in [2.45, 2.75) is 25.4 Å². The van der Waals surface area contributed by atoms with Crippen molar-refractivity contribution >= 4 is 5.91 Å². The molecule has 0 radical (unpaired) electrons. The summed E-state index contributed by atoms with van der Waals surface area (Å²) in [6.45, 7) is 1.58.